The summed E-state index contributed by atoms with van der Waals surface area (Å²) >= 11 is 0. The fourth-order valence-electron chi connectivity index (χ4n) is 7.34. The number of hydrogen-bond acceptors (Lipinski definition) is 6. The highest BCUT2D eigenvalue weighted by atomic mass is 16.6. The van der Waals surface area contributed by atoms with Crippen molar-refractivity contribution in [1.29, 1.82) is 0 Å². The predicted molar refractivity (Wildman–Crippen MR) is 274 cm³/mol. The molecule has 1 unspecified atom stereocenters. The molecule has 6 nitrogen and oxygen atoms in total. The van der Waals surface area contributed by atoms with E-state index < -0.39 is 6.10 Å². The Bertz CT molecular complexity index is 1250. The molecule has 0 radical (unpaired) electrons. The van der Waals surface area contributed by atoms with Crippen LogP contribution >= 0.6 is 0 Å². The number of allylic oxidation sites excluding steroid dienone is 14. The molecule has 1 atom stereocenters. The number of carbonyl (C=O) groups is 3. The van der Waals surface area contributed by atoms with Gasteiger partial charge in [0.25, 0.3) is 0 Å². The first-order valence-electron chi connectivity index (χ1n) is 26.7. The summed E-state index contributed by atoms with van der Waals surface area (Å²) in [6.45, 7) is 6.33. The van der Waals surface area contributed by atoms with Gasteiger partial charge in [-0.3, -0.25) is 14.4 Å². The van der Waals surface area contributed by atoms with Crippen molar-refractivity contribution in [1.82, 2.24) is 0 Å². The zero-order valence-corrected chi connectivity index (χ0v) is 41.8. The van der Waals surface area contributed by atoms with Gasteiger partial charge in [-0.2, -0.15) is 0 Å². The summed E-state index contributed by atoms with van der Waals surface area (Å²) in [4.78, 5) is 38.0. The topological polar surface area (TPSA) is 78.9 Å². The van der Waals surface area contributed by atoms with E-state index >= 15 is 0 Å². The minimum atomic E-state index is -0.797. The summed E-state index contributed by atoms with van der Waals surface area (Å²) in [6, 6.07) is 0. The van der Waals surface area contributed by atoms with E-state index in [0.717, 1.165) is 89.9 Å². The third kappa shape index (κ3) is 49.6. The molecule has 0 fully saturated rings. The van der Waals surface area contributed by atoms with Gasteiger partial charge in [0.15, 0.2) is 6.10 Å². The molecule has 0 aliphatic heterocycles. The lowest BCUT2D eigenvalue weighted by Gasteiger charge is -2.18. The summed E-state index contributed by atoms with van der Waals surface area (Å²) in [5, 5.41) is 0. The third-order valence-electron chi connectivity index (χ3n) is 11.3. The molecule has 6 heteroatoms. The molecule has 366 valence electrons. The highest BCUT2D eigenvalue weighted by Crippen LogP contribution is 2.16. The van der Waals surface area contributed by atoms with Crippen LogP contribution in [0.2, 0.25) is 0 Å². The van der Waals surface area contributed by atoms with Gasteiger partial charge >= 0.3 is 17.9 Å². The van der Waals surface area contributed by atoms with E-state index in [9.17, 15) is 14.4 Å². The lowest BCUT2D eigenvalue weighted by Crippen LogP contribution is -2.30. The van der Waals surface area contributed by atoms with Gasteiger partial charge in [0.1, 0.15) is 13.2 Å². The molecule has 0 spiro atoms. The molecular formula is C58H98O6. The van der Waals surface area contributed by atoms with E-state index in [1.807, 2.05) is 36.5 Å². The van der Waals surface area contributed by atoms with Crippen molar-refractivity contribution in [3.05, 3.63) is 85.1 Å². The molecule has 0 saturated heterocycles. The van der Waals surface area contributed by atoms with Gasteiger partial charge < -0.3 is 14.2 Å². The van der Waals surface area contributed by atoms with Crippen LogP contribution in [0.4, 0.5) is 0 Å². The maximum atomic E-state index is 12.8. The SMILES string of the molecule is CC\C=C/C=C\C=C/C=C\CCCCCC(=O)OCC(COC(=O)CCCCCCCCCCCCCCCCCCCC)OC(=O)CCCCCCCCC\C=C/C=C\C=C/CC. The van der Waals surface area contributed by atoms with Crippen molar-refractivity contribution < 1.29 is 28.6 Å². The van der Waals surface area contributed by atoms with Crippen molar-refractivity contribution in [2.45, 2.75) is 252 Å². The molecule has 0 aliphatic carbocycles. The van der Waals surface area contributed by atoms with Gasteiger partial charge in [0, 0.05) is 19.3 Å². The van der Waals surface area contributed by atoms with Crippen LogP contribution in [0.1, 0.15) is 245 Å². The van der Waals surface area contributed by atoms with Crippen LogP contribution in [0.15, 0.2) is 85.1 Å². The molecule has 0 aromatic carbocycles. The highest BCUT2D eigenvalue weighted by molar-refractivity contribution is 5.71. The van der Waals surface area contributed by atoms with Crippen molar-refractivity contribution in [2.24, 2.45) is 0 Å². The second kappa shape index (κ2) is 52.2. The molecular weight excluding hydrogens is 793 g/mol. The monoisotopic (exact) mass is 891 g/mol. The van der Waals surface area contributed by atoms with Crippen molar-refractivity contribution in [2.75, 3.05) is 13.2 Å². The van der Waals surface area contributed by atoms with Gasteiger partial charge in [-0.15, -0.1) is 0 Å². The second-order valence-corrected chi connectivity index (χ2v) is 17.5. The lowest BCUT2D eigenvalue weighted by molar-refractivity contribution is -0.167. The largest absolute Gasteiger partial charge is 0.462 e. The Balaban J connectivity index is 4.41. The van der Waals surface area contributed by atoms with Crippen molar-refractivity contribution >= 4 is 17.9 Å². The second-order valence-electron chi connectivity index (χ2n) is 17.5. The Hall–Kier alpha value is -3.41. The van der Waals surface area contributed by atoms with Crippen molar-refractivity contribution in [3.63, 3.8) is 0 Å². The third-order valence-corrected chi connectivity index (χ3v) is 11.3. The van der Waals surface area contributed by atoms with Crippen molar-refractivity contribution in [3.8, 4) is 0 Å². The van der Waals surface area contributed by atoms with Gasteiger partial charge in [-0.1, -0.05) is 254 Å². The first-order valence-corrected chi connectivity index (χ1v) is 26.7. The van der Waals surface area contributed by atoms with Crippen LogP contribution in [0.3, 0.4) is 0 Å². The summed E-state index contributed by atoms with van der Waals surface area (Å²) < 4.78 is 16.8. The Morgan fingerprint density at radius 1 is 0.328 bits per heavy atom. The van der Waals surface area contributed by atoms with E-state index in [1.165, 1.54) is 116 Å². The number of ether oxygens (including phenoxy) is 3. The molecule has 0 aromatic rings. The molecule has 0 amide bonds. The Kier molecular flexibility index (Phi) is 49.4. The van der Waals surface area contributed by atoms with E-state index in [-0.39, 0.29) is 31.1 Å². The molecule has 0 heterocycles. The van der Waals surface area contributed by atoms with Gasteiger partial charge in [-0.25, -0.2) is 0 Å². The van der Waals surface area contributed by atoms with Gasteiger partial charge in [-0.05, 0) is 57.8 Å². The average Bonchev–Trinajstić information content (AvgIpc) is 3.29. The average molecular weight is 891 g/mol. The lowest BCUT2D eigenvalue weighted by atomic mass is 10.0. The van der Waals surface area contributed by atoms with Crippen LogP contribution in [0, 0.1) is 0 Å². The van der Waals surface area contributed by atoms with Crippen LogP contribution in [0.5, 0.6) is 0 Å². The zero-order chi connectivity index (χ0) is 46.5. The minimum Gasteiger partial charge on any atom is -0.462 e. The highest BCUT2D eigenvalue weighted by Gasteiger charge is 2.19. The number of rotatable bonds is 47. The van der Waals surface area contributed by atoms with E-state index in [1.54, 1.807) is 0 Å². The molecule has 0 bridgehead atoms. The van der Waals surface area contributed by atoms with Crippen LogP contribution < -0.4 is 0 Å². The number of carbonyl (C=O) groups excluding carboxylic acids is 3. The quantitative estimate of drug-likeness (QED) is 0.0262. The Morgan fingerprint density at radius 3 is 0.969 bits per heavy atom. The zero-order valence-electron chi connectivity index (χ0n) is 41.8. The first kappa shape index (κ1) is 60.6. The number of unbranched alkanes of at least 4 members (excludes halogenated alkanes) is 27. The standard InChI is InChI=1S/C58H98O6/c1-4-7-10-13-16-19-22-25-27-28-29-31-33-36-39-42-45-48-51-57(60)63-54-55(53-62-56(59)50-47-44-41-38-35-32-24-21-18-15-12-9-6-3)64-58(61)52-49-46-43-40-37-34-30-26-23-20-17-14-11-8-5-2/h8-9,11-12,14-15,17-18,20-21,23-24,32,35,55H,4-7,10,13,16,19,22,25-31,33-34,36-54H2,1-3H3/b11-8-,12-9-,17-14-,18-15-,23-20-,24-21-,35-32-. The molecule has 0 aliphatic rings. The van der Waals surface area contributed by atoms with E-state index in [4.69, 9.17) is 14.2 Å². The van der Waals surface area contributed by atoms with Crippen LogP contribution in [0.25, 0.3) is 0 Å². The van der Waals surface area contributed by atoms with E-state index in [2.05, 4.69) is 69.4 Å². The fraction of sp³-hybridized carbons (Fsp3) is 0.707. The van der Waals surface area contributed by atoms with Crippen LogP contribution in [-0.4, -0.2) is 37.2 Å². The van der Waals surface area contributed by atoms with Crippen LogP contribution in [-0.2, 0) is 28.6 Å². The summed E-state index contributed by atoms with van der Waals surface area (Å²) in [5.41, 5.74) is 0. The number of hydrogen-bond donors (Lipinski definition) is 0. The van der Waals surface area contributed by atoms with Gasteiger partial charge in [0.2, 0.25) is 0 Å². The maximum absolute atomic E-state index is 12.8. The normalized spacial score (nSPS) is 12.7. The molecule has 64 heavy (non-hydrogen) atoms. The van der Waals surface area contributed by atoms with Gasteiger partial charge in [0.05, 0.1) is 0 Å². The summed E-state index contributed by atoms with van der Waals surface area (Å²) in [6.07, 6.45) is 67.1. The molecule has 0 saturated carbocycles. The molecule has 0 N–H and O–H groups in total. The minimum absolute atomic E-state index is 0.0930. The van der Waals surface area contributed by atoms with E-state index in [0.29, 0.717) is 19.3 Å². The fourth-order valence-corrected chi connectivity index (χ4v) is 7.34. The summed E-state index contributed by atoms with van der Waals surface area (Å²) in [5.74, 6) is -0.943. The first-order chi connectivity index (χ1) is 31.5. The molecule has 0 rings (SSSR count). The molecule has 0 aromatic heterocycles. The maximum Gasteiger partial charge on any atom is 0.306 e. The summed E-state index contributed by atoms with van der Waals surface area (Å²) in [7, 11) is 0. The Morgan fingerprint density at radius 2 is 0.609 bits per heavy atom. The number of esters is 3. The predicted octanol–water partition coefficient (Wildman–Crippen LogP) is 17.6. The Labute approximate surface area is 395 Å². The smallest absolute Gasteiger partial charge is 0.306 e.